The third kappa shape index (κ3) is 2.62. The van der Waals surface area contributed by atoms with Crippen molar-refractivity contribution >= 4 is 22.6 Å². The van der Waals surface area contributed by atoms with E-state index in [0.29, 0.717) is 23.7 Å². The van der Waals surface area contributed by atoms with Gasteiger partial charge in [-0.05, 0) is 56.4 Å². The quantitative estimate of drug-likeness (QED) is 0.693. The maximum absolute atomic E-state index is 13.9. The molecule has 2 aliphatic rings. The third-order valence-corrected chi connectivity index (χ3v) is 5.63. The SMILES string of the molecule is Cc1nn(C)c2nc(C3CC3)cc(C(=O)N3CCCc4ccc(F)cc43)c12. The molecular weight excluding hydrogens is 343 g/mol. The van der Waals surface area contributed by atoms with Crippen molar-refractivity contribution in [3.8, 4) is 0 Å². The zero-order valence-electron chi connectivity index (χ0n) is 15.5. The van der Waals surface area contributed by atoms with Gasteiger partial charge in [0.1, 0.15) is 5.82 Å². The number of anilines is 1. The van der Waals surface area contributed by atoms with Crippen molar-refractivity contribution in [2.45, 2.75) is 38.5 Å². The Labute approximate surface area is 156 Å². The highest BCUT2D eigenvalue weighted by atomic mass is 19.1. The van der Waals surface area contributed by atoms with E-state index in [4.69, 9.17) is 4.98 Å². The van der Waals surface area contributed by atoms with Gasteiger partial charge in [0, 0.05) is 25.2 Å². The average molecular weight is 364 g/mol. The Morgan fingerprint density at radius 1 is 1.26 bits per heavy atom. The Hall–Kier alpha value is -2.76. The fourth-order valence-electron chi connectivity index (χ4n) is 4.13. The average Bonchev–Trinajstić information content (AvgIpc) is 3.47. The number of aryl methyl sites for hydroxylation is 3. The highest BCUT2D eigenvalue weighted by molar-refractivity contribution is 6.14. The molecule has 1 aromatic carbocycles. The van der Waals surface area contributed by atoms with Crippen LogP contribution in [0.3, 0.4) is 0 Å². The molecule has 1 aliphatic heterocycles. The normalized spacial score (nSPS) is 16.6. The largest absolute Gasteiger partial charge is 0.308 e. The van der Waals surface area contributed by atoms with Crippen LogP contribution in [-0.4, -0.2) is 27.2 Å². The first-order valence-electron chi connectivity index (χ1n) is 9.47. The Bertz CT molecular complexity index is 1080. The van der Waals surface area contributed by atoms with E-state index < -0.39 is 0 Å². The fourth-order valence-corrected chi connectivity index (χ4v) is 4.13. The summed E-state index contributed by atoms with van der Waals surface area (Å²) >= 11 is 0. The summed E-state index contributed by atoms with van der Waals surface area (Å²) in [6.45, 7) is 2.50. The van der Waals surface area contributed by atoms with E-state index in [9.17, 15) is 9.18 Å². The topological polar surface area (TPSA) is 51.0 Å². The maximum Gasteiger partial charge on any atom is 0.259 e. The second-order valence-electron chi connectivity index (χ2n) is 7.61. The van der Waals surface area contributed by atoms with E-state index in [0.717, 1.165) is 53.7 Å². The standard InChI is InChI=1S/C21H21FN4O/c1-12-19-16(11-17(13-5-6-13)23-20(19)25(2)24-12)21(27)26-9-3-4-14-7-8-15(22)10-18(14)26/h7-8,10-11,13H,3-6,9H2,1-2H3. The summed E-state index contributed by atoms with van der Waals surface area (Å²) in [5.41, 5.74) is 4.84. The van der Waals surface area contributed by atoms with E-state index in [-0.39, 0.29) is 11.7 Å². The Kier molecular flexibility index (Phi) is 3.57. The molecule has 0 spiro atoms. The lowest BCUT2D eigenvalue weighted by Crippen LogP contribution is -2.35. The highest BCUT2D eigenvalue weighted by Gasteiger charge is 2.31. The van der Waals surface area contributed by atoms with Crippen LogP contribution >= 0.6 is 0 Å². The summed E-state index contributed by atoms with van der Waals surface area (Å²) in [6, 6.07) is 6.67. The van der Waals surface area contributed by atoms with Gasteiger partial charge in [-0.2, -0.15) is 5.10 Å². The first-order valence-corrected chi connectivity index (χ1v) is 9.47. The van der Waals surface area contributed by atoms with Crippen LogP contribution in [0.4, 0.5) is 10.1 Å². The van der Waals surface area contributed by atoms with Crippen LogP contribution in [0.15, 0.2) is 24.3 Å². The monoisotopic (exact) mass is 364 g/mol. The van der Waals surface area contributed by atoms with Gasteiger partial charge in [0.05, 0.1) is 22.3 Å². The summed E-state index contributed by atoms with van der Waals surface area (Å²) in [6.07, 6.45) is 3.96. The minimum absolute atomic E-state index is 0.0908. The van der Waals surface area contributed by atoms with Crippen LogP contribution in [-0.2, 0) is 13.5 Å². The van der Waals surface area contributed by atoms with Gasteiger partial charge in [-0.1, -0.05) is 6.07 Å². The minimum atomic E-state index is -0.315. The molecule has 138 valence electrons. The van der Waals surface area contributed by atoms with E-state index >= 15 is 0 Å². The van der Waals surface area contributed by atoms with Gasteiger partial charge in [0.15, 0.2) is 5.65 Å². The van der Waals surface area contributed by atoms with E-state index in [1.807, 2.05) is 20.0 Å². The number of fused-ring (bicyclic) bond motifs is 2. The van der Waals surface area contributed by atoms with Gasteiger partial charge in [-0.15, -0.1) is 0 Å². The van der Waals surface area contributed by atoms with Crippen LogP contribution < -0.4 is 4.90 Å². The number of halogens is 1. The Balaban J connectivity index is 1.68. The summed E-state index contributed by atoms with van der Waals surface area (Å²) in [7, 11) is 1.86. The van der Waals surface area contributed by atoms with E-state index in [1.54, 1.807) is 15.6 Å². The summed E-state index contributed by atoms with van der Waals surface area (Å²) in [5, 5.41) is 5.28. The molecule has 1 saturated carbocycles. The molecule has 0 unspecified atom stereocenters. The minimum Gasteiger partial charge on any atom is -0.308 e. The van der Waals surface area contributed by atoms with Gasteiger partial charge in [-0.3, -0.25) is 9.48 Å². The number of rotatable bonds is 2. The zero-order valence-corrected chi connectivity index (χ0v) is 15.5. The Morgan fingerprint density at radius 3 is 2.85 bits per heavy atom. The maximum atomic E-state index is 13.9. The number of aromatic nitrogens is 3. The first kappa shape index (κ1) is 16.4. The molecule has 3 aromatic rings. The highest BCUT2D eigenvalue weighted by Crippen LogP contribution is 2.41. The lowest BCUT2D eigenvalue weighted by atomic mass is 9.99. The van der Waals surface area contributed by atoms with Gasteiger partial charge < -0.3 is 4.90 Å². The number of hydrogen-bond donors (Lipinski definition) is 0. The predicted molar refractivity (Wildman–Crippen MR) is 102 cm³/mol. The molecule has 0 saturated heterocycles. The van der Waals surface area contributed by atoms with Gasteiger partial charge >= 0.3 is 0 Å². The van der Waals surface area contributed by atoms with Crippen LogP contribution in [0.2, 0.25) is 0 Å². The molecule has 5 rings (SSSR count). The molecule has 1 amide bonds. The molecule has 2 aromatic heterocycles. The number of nitrogens with zero attached hydrogens (tertiary/aromatic N) is 4. The Morgan fingerprint density at radius 2 is 2.07 bits per heavy atom. The number of carbonyl (C=O) groups excluding carboxylic acids is 1. The third-order valence-electron chi connectivity index (χ3n) is 5.63. The van der Waals surface area contributed by atoms with Crippen LogP contribution in [0.1, 0.15) is 52.5 Å². The molecule has 0 N–H and O–H groups in total. The number of pyridine rings is 1. The smallest absolute Gasteiger partial charge is 0.259 e. The zero-order chi connectivity index (χ0) is 18.7. The molecule has 1 aliphatic carbocycles. The first-order chi connectivity index (χ1) is 13.0. The lowest BCUT2D eigenvalue weighted by Gasteiger charge is -2.30. The molecule has 0 atom stereocenters. The molecule has 6 heteroatoms. The number of amides is 1. The molecule has 3 heterocycles. The van der Waals surface area contributed by atoms with Crippen molar-refractivity contribution in [3.05, 3.63) is 52.6 Å². The number of carbonyl (C=O) groups is 1. The fraction of sp³-hybridized carbons (Fsp3) is 0.381. The van der Waals surface area contributed by atoms with Crippen molar-refractivity contribution in [1.82, 2.24) is 14.8 Å². The van der Waals surface area contributed by atoms with Crippen LogP contribution in [0.25, 0.3) is 11.0 Å². The summed E-state index contributed by atoms with van der Waals surface area (Å²) in [4.78, 5) is 20.1. The number of benzene rings is 1. The van der Waals surface area contributed by atoms with Crippen molar-refractivity contribution in [3.63, 3.8) is 0 Å². The van der Waals surface area contributed by atoms with Gasteiger partial charge in [0.25, 0.3) is 5.91 Å². The second-order valence-corrected chi connectivity index (χ2v) is 7.61. The lowest BCUT2D eigenvalue weighted by molar-refractivity contribution is 0.0986. The van der Waals surface area contributed by atoms with Gasteiger partial charge in [-0.25, -0.2) is 9.37 Å². The molecule has 0 bridgehead atoms. The predicted octanol–water partition coefficient (Wildman–Crippen LogP) is 3.89. The van der Waals surface area contributed by atoms with Gasteiger partial charge in [0.2, 0.25) is 0 Å². The van der Waals surface area contributed by atoms with Crippen molar-refractivity contribution < 1.29 is 9.18 Å². The summed E-state index contributed by atoms with van der Waals surface area (Å²) in [5.74, 6) is 0.0266. The molecule has 0 radical (unpaired) electrons. The van der Waals surface area contributed by atoms with E-state index in [2.05, 4.69) is 5.10 Å². The van der Waals surface area contributed by atoms with E-state index in [1.165, 1.54) is 12.1 Å². The van der Waals surface area contributed by atoms with Crippen molar-refractivity contribution in [1.29, 1.82) is 0 Å². The molecule has 1 fully saturated rings. The second kappa shape index (κ2) is 5.87. The molecule has 27 heavy (non-hydrogen) atoms. The van der Waals surface area contributed by atoms with Crippen molar-refractivity contribution in [2.75, 3.05) is 11.4 Å². The number of hydrogen-bond acceptors (Lipinski definition) is 3. The molecular formula is C21H21FN4O. The molecule has 5 nitrogen and oxygen atoms in total. The summed E-state index contributed by atoms with van der Waals surface area (Å²) < 4.78 is 15.6. The van der Waals surface area contributed by atoms with Crippen molar-refractivity contribution in [2.24, 2.45) is 7.05 Å². The van der Waals surface area contributed by atoms with Crippen LogP contribution in [0, 0.1) is 12.7 Å². The van der Waals surface area contributed by atoms with Crippen LogP contribution in [0.5, 0.6) is 0 Å².